The van der Waals surface area contributed by atoms with Crippen molar-refractivity contribution in [1.82, 2.24) is 9.88 Å². The fourth-order valence-electron chi connectivity index (χ4n) is 4.53. The Hall–Kier alpha value is -3.93. The Labute approximate surface area is 198 Å². The highest BCUT2D eigenvalue weighted by molar-refractivity contribution is 6.21. The normalized spacial score (nSPS) is 13.0. The molecule has 0 saturated heterocycles. The van der Waals surface area contributed by atoms with Gasteiger partial charge in [-0.15, -0.1) is 0 Å². The van der Waals surface area contributed by atoms with Gasteiger partial charge in [0, 0.05) is 29.9 Å². The van der Waals surface area contributed by atoms with Crippen LogP contribution in [0.2, 0.25) is 0 Å². The van der Waals surface area contributed by atoms with E-state index in [1.807, 2.05) is 30.3 Å². The Bertz CT molecular complexity index is 1350. The van der Waals surface area contributed by atoms with Crippen molar-refractivity contribution < 1.29 is 14.3 Å². The zero-order valence-electron chi connectivity index (χ0n) is 19.2. The first-order chi connectivity index (χ1) is 16.7. The predicted molar refractivity (Wildman–Crippen MR) is 135 cm³/mol. The number of nitrogens with zero attached hydrogens (tertiary/aromatic N) is 2. The van der Waals surface area contributed by atoms with Crippen molar-refractivity contribution in [2.24, 2.45) is 0 Å². The number of unbranched alkanes of at least 4 members (excludes halogenated alkanes) is 3. The minimum absolute atomic E-state index is 0.174. The van der Waals surface area contributed by atoms with Gasteiger partial charge in [0.15, 0.2) is 0 Å². The van der Waals surface area contributed by atoms with Crippen LogP contribution in [0.4, 0.5) is 5.69 Å². The Morgan fingerprint density at radius 2 is 1.53 bits per heavy atom. The summed E-state index contributed by atoms with van der Waals surface area (Å²) in [7, 11) is 1.67. The molecule has 2 amide bonds. The number of ether oxygens (including phenoxy) is 1. The number of hydrogen-bond donors (Lipinski definition) is 1. The number of amides is 2. The molecule has 0 fully saturated rings. The van der Waals surface area contributed by atoms with Crippen LogP contribution in [0.5, 0.6) is 5.75 Å². The van der Waals surface area contributed by atoms with E-state index in [0.29, 0.717) is 17.7 Å². The molecule has 3 aromatic carbocycles. The highest BCUT2D eigenvalue weighted by Gasteiger charge is 2.34. The van der Waals surface area contributed by atoms with E-state index >= 15 is 0 Å². The lowest BCUT2D eigenvalue weighted by Crippen LogP contribution is -2.30. The minimum atomic E-state index is -0.174. The van der Waals surface area contributed by atoms with E-state index < -0.39 is 0 Å². The molecule has 0 unspecified atom stereocenters. The molecule has 1 aliphatic rings. The maximum Gasteiger partial charge on any atom is 0.261 e. The van der Waals surface area contributed by atoms with Crippen molar-refractivity contribution in [2.45, 2.75) is 25.7 Å². The van der Waals surface area contributed by atoms with E-state index in [1.165, 1.54) is 4.90 Å². The third kappa shape index (κ3) is 4.19. The standard InChI is InChI=1S/C28H27N3O3/c1-34-21-17-20-16-19-10-4-7-13-24(19)30-26(20)25(18-21)29-14-8-2-3-9-15-31-27(32)22-11-5-6-12-23(22)28(31)33/h4-7,10-13,16-18,29H,2-3,8-9,14-15H2,1H3. The molecule has 0 bridgehead atoms. The zero-order chi connectivity index (χ0) is 23.5. The molecule has 4 aromatic rings. The summed E-state index contributed by atoms with van der Waals surface area (Å²) < 4.78 is 5.50. The molecule has 1 aliphatic heterocycles. The molecule has 6 heteroatoms. The highest BCUT2D eigenvalue weighted by Crippen LogP contribution is 2.30. The molecule has 0 aliphatic carbocycles. The summed E-state index contributed by atoms with van der Waals surface area (Å²) in [5, 5.41) is 5.67. The Kier molecular flexibility index (Phi) is 6.12. The van der Waals surface area contributed by atoms with Gasteiger partial charge in [-0.2, -0.15) is 0 Å². The van der Waals surface area contributed by atoms with Crippen molar-refractivity contribution in [3.63, 3.8) is 0 Å². The van der Waals surface area contributed by atoms with E-state index in [1.54, 1.807) is 31.4 Å². The minimum Gasteiger partial charge on any atom is -0.497 e. The van der Waals surface area contributed by atoms with Crippen LogP contribution >= 0.6 is 0 Å². The van der Waals surface area contributed by atoms with Crippen LogP contribution in [-0.4, -0.2) is 41.9 Å². The molecule has 0 radical (unpaired) electrons. The first kappa shape index (κ1) is 21.9. The third-order valence-electron chi connectivity index (χ3n) is 6.33. The second kappa shape index (κ2) is 9.51. The molecule has 6 nitrogen and oxygen atoms in total. The maximum atomic E-state index is 12.5. The highest BCUT2D eigenvalue weighted by atomic mass is 16.5. The van der Waals surface area contributed by atoms with E-state index in [2.05, 4.69) is 17.4 Å². The van der Waals surface area contributed by atoms with Crippen LogP contribution in [0.3, 0.4) is 0 Å². The lowest BCUT2D eigenvalue weighted by molar-refractivity contribution is 0.0651. The van der Waals surface area contributed by atoms with Gasteiger partial charge in [-0.3, -0.25) is 14.5 Å². The van der Waals surface area contributed by atoms with Gasteiger partial charge in [-0.1, -0.05) is 43.2 Å². The third-order valence-corrected chi connectivity index (χ3v) is 6.33. The number of carbonyl (C=O) groups is 2. The first-order valence-electron chi connectivity index (χ1n) is 11.7. The molecule has 34 heavy (non-hydrogen) atoms. The van der Waals surface area contributed by atoms with Crippen molar-refractivity contribution in [3.05, 3.63) is 77.9 Å². The van der Waals surface area contributed by atoms with Gasteiger partial charge in [0.25, 0.3) is 11.8 Å². The van der Waals surface area contributed by atoms with E-state index in [0.717, 1.165) is 65.5 Å². The van der Waals surface area contributed by atoms with Crippen LogP contribution in [0, 0.1) is 0 Å². The number of nitrogens with one attached hydrogen (secondary N) is 1. The van der Waals surface area contributed by atoms with Crippen molar-refractivity contribution in [2.75, 3.05) is 25.5 Å². The second-order valence-corrected chi connectivity index (χ2v) is 8.58. The van der Waals surface area contributed by atoms with Gasteiger partial charge in [0.2, 0.25) is 0 Å². The number of rotatable bonds is 9. The van der Waals surface area contributed by atoms with Gasteiger partial charge < -0.3 is 10.1 Å². The number of pyridine rings is 1. The van der Waals surface area contributed by atoms with Crippen LogP contribution in [0.25, 0.3) is 21.8 Å². The quantitative estimate of drug-likeness (QED) is 0.201. The summed E-state index contributed by atoms with van der Waals surface area (Å²) in [5.41, 5.74) is 3.90. The van der Waals surface area contributed by atoms with Gasteiger partial charge in [0.1, 0.15) is 5.75 Å². The Balaban J connectivity index is 1.15. The average molecular weight is 454 g/mol. The maximum absolute atomic E-state index is 12.5. The largest absolute Gasteiger partial charge is 0.497 e. The predicted octanol–water partition coefficient (Wildman–Crippen LogP) is 5.67. The van der Waals surface area contributed by atoms with Crippen LogP contribution in [-0.2, 0) is 0 Å². The lowest BCUT2D eigenvalue weighted by Gasteiger charge is -2.14. The van der Waals surface area contributed by atoms with E-state index in [4.69, 9.17) is 9.72 Å². The monoisotopic (exact) mass is 453 g/mol. The molecule has 5 rings (SSSR count). The molecule has 172 valence electrons. The second-order valence-electron chi connectivity index (χ2n) is 8.58. The zero-order valence-corrected chi connectivity index (χ0v) is 19.2. The molecule has 0 saturated carbocycles. The van der Waals surface area contributed by atoms with Gasteiger partial charge >= 0.3 is 0 Å². The van der Waals surface area contributed by atoms with Crippen LogP contribution < -0.4 is 10.1 Å². The Morgan fingerprint density at radius 3 is 2.29 bits per heavy atom. The molecule has 0 spiro atoms. The summed E-state index contributed by atoms with van der Waals surface area (Å²) >= 11 is 0. The molecular formula is C28H27N3O3. The first-order valence-corrected chi connectivity index (χ1v) is 11.7. The fraction of sp³-hybridized carbons (Fsp3) is 0.250. The molecule has 2 heterocycles. The number of hydrogen-bond acceptors (Lipinski definition) is 5. The fourth-order valence-corrected chi connectivity index (χ4v) is 4.53. The average Bonchev–Trinajstić information content (AvgIpc) is 3.11. The summed E-state index contributed by atoms with van der Waals surface area (Å²) in [6.07, 6.45) is 3.75. The summed E-state index contributed by atoms with van der Waals surface area (Å²) in [5.74, 6) is 0.451. The number of anilines is 1. The van der Waals surface area contributed by atoms with Crippen molar-refractivity contribution in [3.8, 4) is 5.75 Å². The number of imide groups is 1. The summed E-state index contributed by atoms with van der Waals surface area (Å²) in [6.45, 7) is 1.28. The molecule has 1 aromatic heterocycles. The molecule has 0 atom stereocenters. The van der Waals surface area contributed by atoms with Crippen LogP contribution in [0.15, 0.2) is 66.7 Å². The Morgan fingerprint density at radius 1 is 0.824 bits per heavy atom. The SMILES string of the molecule is COc1cc(NCCCCCCN2C(=O)c3ccccc3C2=O)c2nc3ccccc3cc2c1. The number of benzene rings is 3. The van der Waals surface area contributed by atoms with Gasteiger partial charge in [-0.25, -0.2) is 4.98 Å². The summed E-state index contributed by atoms with van der Waals surface area (Å²) in [6, 6.07) is 21.3. The molecular weight excluding hydrogens is 426 g/mol. The number of carbonyl (C=O) groups excluding carboxylic acids is 2. The topological polar surface area (TPSA) is 71.5 Å². The van der Waals surface area contributed by atoms with Crippen molar-refractivity contribution >= 4 is 39.3 Å². The lowest BCUT2D eigenvalue weighted by atomic mass is 10.1. The number of aromatic nitrogens is 1. The molecule has 1 N–H and O–H groups in total. The van der Waals surface area contributed by atoms with E-state index in [9.17, 15) is 9.59 Å². The van der Waals surface area contributed by atoms with Crippen LogP contribution in [0.1, 0.15) is 46.4 Å². The number of methoxy groups -OCH3 is 1. The summed E-state index contributed by atoms with van der Waals surface area (Å²) in [4.78, 5) is 31.1. The van der Waals surface area contributed by atoms with E-state index in [-0.39, 0.29) is 11.8 Å². The van der Waals surface area contributed by atoms with Gasteiger partial charge in [0.05, 0.1) is 35.0 Å². The smallest absolute Gasteiger partial charge is 0.261 e. The van der Waals surface area contributed by atoms with Crippen molar-refractivity contribution in [1.29, 1.82) is 0 Å². The number of fused-ring (bicyclic) bond motifs is 3. The number of para-hydroxylation sites is 1. The van der Waals surface area contributed by atoms with Gasteiger partial charge in [-0.05, 0) is 43.2 Å².